The van der Waals surface area contributed by atoms with Crippen LogP contribution in [0.4, 0.5) is 5.13 Å². The molecule has 0 aromatic carbocycles. The van der Waals surface area contributed by atoms with Gasteiger partial charge in [0.25, 0.3) is 5.56 Å². The Morgan fingerprint density at radius 2 is 2.24 bits per heavy atom. The lowest BCUT2D eigenvalue weighted by atomic mass is 10.1. The van der Waals surface area contributed by atoms with Gasteiger partial charge in [0.15, 0.2) is 5.13 Å². The smallest absolute Gasteiger partial charge is 0.276 e. The lowest BCUT2D eigenvalue weighted by molar-refractivity contribution is 0.181. The van der Waals surface area contributed by atoms with Gasteiger partial charge in [-0.1, -0.05) is 13.8 Å². The largest absolute Gasteiger partial charge is 0.383 e. The predicted octanol–water partition coefficient (Wildman–Crippen LogP) is 2.18. The van der Waals surface area contributed by atoms with Crippen LogP contribution in [0, 0.1) is 0 Å². The minimum Gasteiger partial charge on any atom is -0.383 e. The molecule has 21 heavy (non-hydrogen) atoms. The van der Waals surface area contributed by atoms with Crippen molar-refractivity contribution in [2.45, 2.75) is 26.3 Å². The maximum Gasteiger partial charge on any atom is 0.276 e. The van der Waals surface area contributed by atoms with Gasteiger partial charge in [-0.2, -0.15) is 5.10 Å². The van der Waals surface area contributed by atoms with E-state index in [0.717, 1.165) is 10.8 Å². The molecule has 2 aromatic rings. The quantitative estimate of drug-likeness (QED) is 0.886. The summed E-state index contributed by atoms with van der Waals surface area (Å²) in [7, 11) is 3.42. The van der Waals surface area contributed by atoms with Crippen molar-refractivity contribution in [2.24, 2.45) is 0 Å². The molecule has 2 heterocycles. The molecular formula is C14H20N4O2S. The van der Waals surface area contributed by atoms with Crippen LogP contribution in [-0.4, -0.2) is 35.5 Å². The molecule has 0 bridgehead atoms. The molecule has 0 spiro atoms. The van der Waals surface area contributed by atoms with Gasteiger partial charge in [0, 0.05) is 19.5 Å². The first-order valence-corrected chi connectivity index (χ1v) is 7.69. The molecule has 0 amide bonds. The zero-order chi connectivity index (χ0) is 15.4. The van der Waals surface area contributed by atoms with Gasteiger partial charge in [-0.25, -0.2) is 9.67 Å². The SMILES string of the molecule is CNc1nc(-c2cc(C(C)C)nn(CCOC)c2=O)cs1. The van der Waals surface area contributed by atoms with Crippen LogP contribution >= 0.6 is 11.3 Å². The first kappa shape index (κ1) is 15.7. The summed E-state index contributed by atoms with van der Waals surface area (Å²) in [5.41, 5.74) is 2.01. The van der Waals surface area contributed by atoms with Crippen LogP contribution in [0.5, 0.6) is 0 Å². The Hall–Kier alpha value is -1.73. The van der Waals surface area contributed by atoms with Gasteiger partial charge in [0.05, 0.1) is 30.1 Å². The third kappa shape index (κ3) is 3.48. The summed E-state index contributed by atoms with van der Waals surface area (Å²) in [6.45, 7) is 4.99. The molecule has 0 saturated heterocycles. The Kier molecular flexibility index (Phi) is 5.08. The highest BCUT2D eigenvalue weighted by Gasteiger charge is 2.14. The lowest BCUT2D eigenvalue weighted by Crippen LogP contribution is -2.27. The highest BCUT2D eigenvalue weighted by molar-refractivity contribution is 7.14. The topological polar surface area (TPSA) is 69.0 Å². The number of thiazole rings is 1. The second kappa shape index (κ2) is 6.82. The molecule has 2 aromatic heterocycles. The third-order valence-electron chi connectivity index (χ3n) is 3.09. The van der Waals surface area contributed by atoms with Gasteiger partial charge in [-0.15, -0.1) is 11.3 Å². The monoisotopic (exact) mass is 308 g/mol. The number of rotatable bonds is 6. The Balaban J connectivity index is 2.52. The highest BCUT2D eigenvalue weighted by Crippen LogP contribution is 2.23. The molecule has 7 heteroatoms. The summed E-state index contributed by atoms with van der Waals surface area (Å²) in [5, 5.41) is 10.1. The van der Waals surface area contributed by atoms with E-state index in [-0.39, 0.29) is 11.5 Å². The number of methoxy groups -OCH3 is 1. The summed E-state index contributed by atoms with van der Waals surface area (Å²) < 4.78 is 6.51. The van der Waals surface area contributed by atoms with Crippen molar-refractivity contribution < 1.29 is 4.74 Å². The van der Waals surface area contributed by atoms with E-state index in [1.165, 1.54) is 16.0 Å². The first-order valence-electron chi connectivity index (χ1n) is 6.81. The zero-order valence-corrected chi connectivity index (χ0v) is 13.5. The van der Waals surface area contributed by atoms with Crippen molar-refractivity contribution in [2.75, 3.05) is 26.1 Å². The van der Waals surface area contributed by atoms with Gasteiger partial charge < -0.3 is 10.1 Å². The number of ether oxygens (including phenoxy) is 1. The fourth-order valence-electron chi connectivity index (χ4n) is 1.87. The molecule has 0 aliphatic rings. The van der Waals surface area contributed by atoms with E-state index >= 15 is 0 Å². The van der Waals surface area contributed by atoms with Crippen molar-refractivity contribution in [1.29, 1.82) is 0 Å². The van der Waals surface area contributed by atoms with E-state index in [1.807, 2.05) is 18.5 Å². The Morgan fingerprint density at radius 3 is 2.81 bits per heavy atom. The second-order valence-electron chi connectivity index (χ2n) is 4.95. The third-order valence-corrected chi connectivity index (χ3v) is 3.95. The summed E-state index contributed by atoms with van der Waals surface area (Å²) in [6.07, 6.45) is 0. The number of nitrogens with one attached hydrogen (secondary N) is 1. The highest BCUT2D eigenvalue weighted by atomic mass is 32.1. The average Bonchev–Trinajstić information content (AvgIpc) is 2.94. The van der Waals surface area contributed by atoms with Crippen LogP contribution < -0.4 is 10.9 Å². The first-order chi connectivity index (χ1) is 10.1. The van der Waals surface area contributed by atoms with Gasteiger partial charge in [-0.3, -0.25) is 4.79 Å². The van der Waals surface area contributed by atoms with Crippen LogP contribution in [0.25, 0.3) is 11.3 Å². The molecule has 0 fully saturated rings. The van der Waals surface area contributed by atoms with Gasteiger partial charge >= 0.3 is 0 Å². The second-order valence-corrected chi connectivity index (χ2v) is 5.80. The Labute approximate surface area is 127 Å². The average molecular weight is 308 g/mol. The summed E-state index contributed by atoms with van der Waals surface area (Å²) in [4.78, 5) is 17.0. The number of hydrogen-bond acceptors (Lipinski definition) is 6. The zero-order valence-electron chi connectivity index (χ0n) is 12.7. The van der Waals surface area contributed by atoms with E-state index in [4.69, 9.17) is 4.74 Å². The van der Waals surface area contributed by atoms with E-state index in [9.17, 15) is 4.79 Å². The lowest BCUT2D eigenvalue weighted by Gasteiger charge is -2.11. The molecule has 0 unspecified atom stereocenters. The molecule has 0 atom stereocenters. The van der Waals surface area contributed by atoms with Crippen LogP contribution in [0.3, 0.4) is 0 Å². The van der Waals surface area contributed by atoms with Crippen LogP contribution in [0.1, 0.15) is 25.5 Å². The van der Waals surface area contributed by atoms with Gasteiger partial charge in [0.1, 0.15) is 0 Å². The van der Waals surface area contributed by atoms with Crippen LogP contribution in [0.2, 0.25) is 0 Å². The normalized spacial score (nSPS) is 11.1. The number of aromatic nitrogens is 3. The van der Waals surface area contributed by atoms with Gasteiger partial charge in [0.2, 0.25) is 0 Å². The predicted molar refractivity (Wildman–Crippen MR) is 85.1 cm³/mol. The maximum atomic E-state index is 12.5. The molecule has 0 saturated carbocycles. The standard InChI is InChI=1S/C14H20N4O2S/c1-9(2)11-7-10(12-8-21-14(15-3)16-12)13(19)18(17-11)5-6-20-4/h7-9H,5-6H2,1-4H3,(H,15,16). The molecular weight excluding hydrogens is 288 g/mol. The molecule has 114 valence electrons. The number of anilines is 1. The van der Waals surface area contributed by atoms with E-state index in [1.54, 1.807) is 7.11 Å². The summed E-state index contributed by atoms with van der Waals surface area (Å²) >= 11 is 1.48. The summed E-state index contributed by atoms with van der Waals surface area (Å²) in [5.74, 6) is 0.237. The van der Waals surface area contributed by atoms with Crippen LogP contribution in [0.15, 0.2) is 16.2 Å². The van der Waals surface area contributed by atoms with E-state index in [2.05, 4.69) is 29.2 Å². The van der Waals surface area contributed by atoms with Crippen molar-refractivity contribution >= 4 is 16.5 Å². The minimum atomic E-state index is -0.135. The molecule has 6 nitrogen and oxygen atoms in total. The molecule has 2 rings (SSSR count). The Morgan fingerprint density at radius 1 is 1.48 bits per heavy atom. The van der Waals surface area contributed by atoms with Crippen molar-refractivity contribution in [3.8, 4) is 11.3 Å². The number of nitrogens with zero attached hydrogens (tertiary/aromatic N) is 3. The van der Waals surface area contributed by atoms with Crippen molar-refractivity contribution in [3.63, 3.8) is 0 Å². The van der Waals surface area contributed by atoms with E-state index < -0.39 is 0 Å². The fourth-order valence-corrected chi connectivity index (χ4v) is 2.54. The molecule has 0 aliphatic heterocycles. The maximum absolute atomic E-state index is 12.5. The molecule has 0 radical (unpaired) electrons. The fraction of sp³-hybridized carbons (Fsp3) is 0.500. The summed E-state index contributed by atoms with van der Waals surface area (Å²) in [6, 6.07) is 1.84. The van der Waals surface area contributed by atoms with Crippen LogP contribution in [-0.2, 0) is 11.3 Å². The Bertz CT molecular complexity index is 663. The van der Waals surface area contributed by atoms with E-state index in [0.29, 0.717) is 24.4 Å². The molecule has 0 aliphatic carbocycles. The van der Waals surface area contributed by atoms with Gasteiger partial charge in [-0.05, 0) is 12.0 Å². The minimum absolute atomic E-state index is 0.135. The van der Waals surface area contributed by atoms with Crippen molar-refractivity contribution in [3.05, 3.63) is 27.5 Å². The molecule has 1 N–H and O–H groups in total. The van der Waals surface area contributed by atoms with Crippen molar-refractivity contribution in [1.82, 2.24) is 14.8 Å². The number of hydrogen-bond donors (Lipinski definition) is 1.